The fraction of sp³-hybridized carbons (Fsp3) is 0.292. The summed E-state index contributed by atoms with van der Waals surface area (Å²) in [6, 6.07) is 17.5. The number of ether oxygens (including phenoxy) is 1. The van der Waals surface area contributed by atoms with Crippen LogP contribution in [0.2, 0.25) is 0 Å². The highest BCUT2D eigenvalue weighted by Crippen LogP contribution is 2.34. The van der Waals surface area contributed by atoms with Crippen LogP contribution in [-0.2, 0) is 21.4 Å². The lowest BCUT2D eigenvalue weighted by Gasteiger charge is -2.11. The van der Waals surface area contributed by atoms with Crippen molar-refractivity contribution in [1.29, 1.82) is 0 Å². The minimum Gasteiger partial charge on any atom is -0.380 e. The van der Waals surface area contributed by atoms with Gasteiger partial charge in [0.25, 0.3) is 0 Å². The van der Waals surface area contributed by atoms with E-state index in [1.165, 1.54) is 15.0 Å². The molecule has 9 heteroatoms. The Morgan fingerprint density at radius 1 is 1.00 bits per heavy atom. The van der Waals surface area contributed by atoms with Crippen LogP contribution in [0, 0.1) is 0 Å². The number of nitrogens with one attached hydrogen (secondary N) is 2. The van der Waals surface area contributed by atoms with Gasteiger partial charge in [-0.1, -0.05) is 42.8 Å². The Morgan fingerprint density at radius 2 is 1.79 bits per heavy atom. The van der Waals surface area contributed by atoms with Gasteiger partial charge >= 0.3 is 0 Å². The predicted octanol–water partition coefficient (Wildman–Crippen LogP) is 5.73. The van der Waals surface area contributed by atoms with Gasteiger partial charge in [0, 0.05) is 30.3 Å². The molecule has 0 bridgehead atoms. The van der Waals surface area contributed by atoms with Crippen molar-refractivity contribution >= 4 is 47.9 Å². The maximum Gasteiger partial charge on any atom is 0.240 e. The number of aromatic nitrogens is 1. The first-order valence-corrected chi connectivity index (χ1v) is 14.0. The van der Waals surface area contributed by atoms with Gasteiger partial charge in [-0.3, -0.25) is 0 Å². The summed E-state index contributed by atoms with van der Waals surface area (Å²) in [5.41, 5.74) is 1.67. The van der Waals surface area contributed by atoms with Crippen molar-refractivity contribution in [3.8, 4) is 10.6 Å². The zero-order chi connectivity index (χ0) is 23.1. The number of rotatable bonds is 12. The van der Waals surface area contributed by atoms with Gasteiger partial charge in [-0.2, -0.15) is 0 Å². The maximum atomic E-state index is 12.6. The Bertz CT molecular complexity index is 1270. The topological polar surface area (TPSA) is 80.3 Å². The minimum absolute atomic E-state index is 0.268. The van der Waals surface area contributed by atoms with E-state index in [9.17, 15) is 8.42 Å². The summed E-state index contributed by atoms with van der Waals surface area (Å²) in [6.45, 7) is 1.49. The molecule has 0 saturated heterocycles. The summed E-state index contributed by atoms with van der Waals surface area (Å²) < 4.78 is 34.3. The van der Waals surface area contributed by atoms with E-state index in [-0.39, 0.29) is 11.5 Å². The number of benzene rings is 2. The summed E-state index contributed by atoms with van der Waals surface area (Å²) in [4.78, 5) is 6.18. The predicted molar refractivity (Wildman–Crippen MR) is 138 cm³/mol. The van der Waals surface area contributed by atoms with Crippen LogP contribution in [0.3, 0.4) is 0 Å². The van der Waals surface area contributed by atoms with Crippen molar-refractivity contribution < 1.29 is 13.2 Å². The van der Waals surface area contributed by atoms with E-state index >= 15 is 0 Å². The molecule has 2 heterocycles. The summed E-state index contributed by atoms with van der Waals surface area (Å²) in [7, 11) is -1.98. The Labute approximate surface area is 202 Å². The Balaban J connectivity index is 1.19. The average molecular weight is 502 g/mol. The van der Waals surface area contributed by atoms with Gasteiger partial charge in [0.05, 0.1) is 22.1 Å². The SMILES string of the molecule is COCc1ccccc1S(=O)(=O)NCCCCCNc1nc(-c2cc3ccccc3s2)cs1. The molecule has 6 nitrogen and oxygen atoms in total. The van der Waals surface area contributed by atoms with Crippen LogP contribution in [0.5, 0.6) is 0 Å². The molecule has 4 aromatic rings. The molecule has 2 aromatic heterocycles. The summed E-state index contributed by atoms with van der Waals surface area (Å²) >= 11 is 3.37. The molecule has 2 aromatic carbocycles. The van der Waals surface area contributed by atoms with Crippen LogP contribution in [0.1, 0.15) is 24.8 Å². The standard InChI is InChI=1S/C24H27N3O3S3/c1-30-16-19-10-4-6-12-23(19)33(28,29)26-14-8-2-7-13-25-24-27-20(17-31-24)22-15-18-9-3-5-11-21(18)32-22/h3-6,9-12,15,17,26H,2,7-8,13-14,16H2,1H3,(H,25,27). The highest BCUT2D eigenvalue weighted by Gasteiger charge is 2.17. The van der Waals surface area contributed by atoms with Crippen molar-refractivity contribution in [1.82, 2.24) is 9.71 Å². The first-order valence-electron chi connectivity index (χ1n) is 10.8. The van der Waals surface area contributed by atoms with Crippen LogP contribution >= 0.6 is 22.7 Å². The van der Waals surface area contributed by atoms with E-state index < -0.39 is 10.0 Å². The first kappa shape index (κ1) is 23.8. The molecular formula is C24H27N3O3S3. The van der Waals surface area contributed by atoms with Crippen LogP contribution < -0.4 is 10.0 Å². The molecule has 0 aliphatic carbocycles. The molecule has 0 radical (unpaired) electrons. The van der Waals surface area contributed by atoms with Crippen LogP contribution in [0.15, 0.2) is 64.9 Å². The Kier molecular flexibility index (Phi) is 8.11. The second-order valence-corrected chi connectivity index (χ2v) is 11.3. The third-order valence-corrected chi connectivity index (χ3v) is 8.67. The van der Waals surface area contributed by atoms with Crippen LogP contribution in [0.4, 0.5) is 5.13 Å². The van der Waals surface area contributed by atoms with Gasteiger partial charge in [0.1, 0.15) is 0 Å². The number of thiazole rings is 1. The molecule has 0 spiro atoms. The lowest BCUT2D eigenvalue weighted by molar-refractivity contribution is 0.182. The van der Waals surface area contributed by atoms with Crippen molar-refractivity contribution in [2.75, 3.05) is 25.5 Å². The van der Waals surface area contributed by atoms with Gasteiger partial charge in [-0.25, -0.2) is 18.1 Å². The molecule has 4 rings (SSSR count). The number of anilines is 1. The fourth-order valence-corrected chi connectivity index (χ4v) is 6.66. The molecular weight excluding hydrogens is 474 g/mol. The molecule has 0 saturated carbocycles. The van der Waals surface area contributed by atoms with Crippen molar-refractivity contribution in [3.63, 3.8) is 0 Å². The Hall–Kier alpha value is -2.30. The van der Waals surface area contributed by atoms with E-state index in [1.54, 1.807) is 48.0 Å². The number of thiophene rings is 1. The van der Waals surface area contributed by atoms with E-state index in [2.05, 4.69) is 45.8 Å². The van der Waals surface area contributed by atoms with Crippen molar-refractivity contribution in [3.05, 3.63) is 65.5 Å². The first-order chi connectivity index (χ1) is 16.1. The second-order valence-electron chi connectivity index (χ2n) is 7.61. The third kappa shape index (κ3) is 6.18. The zero-order valence-electron chi connectivity index (χ0n) is 18.4. The number of sulfonamides is 1. The number of unbranched alkanes of at least 4 members (excludes halogenated alkanes) is 2. The fourth-order valence-electron chi connectivity index (χ4n) is 3.52. The van der Waals surface area contributed by atoms with E-state index in [0.29, 0.717) is 12.1 Å². The lowest BCUT2D eigenvalue weighted by atomic mass is 10.2. The highest BCUT2D eigenvalue weighted by molar-refractivity contribution is 7.89. The normalized spacial score (nSPS) is 11.8. The minimum atomic E-state index is -3.54. The zero-order valence-corrected chi connectivity index (χ0v) is 20.9. The molecule has 0 atom stereocenters. The Morgan fingerprint density at radius 3 is 2.64 bits per heavy atom. The van der Waals surface area contributed by atoms with Crippen LogP contribution in [0.25, 0.3) is 20.7 Å². The average Bonchev–Trinajstić information content (AvgIpc) is 3.46. The number of hydrogen-bond acceptors (Lipinski definition) is 7. The van der Waals surface area contributed by atoms with Crippen LogP contribution in [-0.4, -0.2) is 33.6 Å². The van der Waals surface area contributed by atoms with E-state index in [4.69, 9.17) is 9.72 Å². The van der Waals surface area contributed by atoms with Crippen molar-refractivity contribution in [2.45, 2.75) is 30.8 Å². The number of fused-ring (bicyclic) bond motifs is 1. The second kappa shape index (κ2) is 11.2. The summed E-state index contributed by atoms with van der Waals surface area (Å²) in [6.07, 6.45) is 2.64. The largest absolute Gasteiger partial charge is 0.380 e. The summed E-state index contributed by atoms with van der Waals surface area (Å²) in [5.74, 6) is 0. The lowest BCUT2D eigenvalue weighted by Crippen LogP contribution is -2.26. The highest BCUT2D eigenvalue weighted by atomic mass is 32.2. The third-order valence-electron chi connectivity index (χ3n) is 5.17. The molecule has 33 heavy (non-hydrogen) atoms. The molecule has 0 aliphatic rings. The summed E-state index contributed by atoms with van der Waals surface area (Å²) in [5, 5.41) is 7.63. The van der Waals surface area contributed by atoms with Gasteiger partial charge in [-0.15, -0.1) is 22.7 Å². The molecule has 174 valence electrons. The van der Waals surface area contributed by atoms with Gasteiger partial charge in [0.2, 0.25) is 10.0 Å². The number of methoxy groups -OCH3 is 1. The van der Waals surface area contributed by atoms with Crippen molar-refractivity contribution in [2.24, 2.45) is 0 Å². The monoisotopic (exact) mass is 501 g/mol. The molecule has 0 amide bonds. The van der Waals surface area contributed by atoms with Gasteiger partial charge in [-0.05, 0) is 42.0 Å². The molecule has 0 unspecified atom stereocenters. The van der Waals surface area contributed by atoms with E-state index in [1.807, 2.05) is 6.07 Å². The number of hydrogen-bond donors (Lipinski definition) is 2. The molecule has 2 N–H and O–H groups in total. The molecule has 0 aliphatic heterocycles. The van der Waals surface area contributed by atoms with Gasteiger partial charge < -0.3 is 10.1 Å². The van der Waals surface area contributed by atoms with Gasteiger partial charge in [0.15, 0.2) is 5.13 Å². The quantitative estimate of drug-likeness (QED) is 0.242. The maximum absolute atomic E-state index is 12.6. The number of nitrogens with zero attached hydrogens (tertiary/aromatic N) is 1. The smallest absolute Gasteiger partial charge is 0.240 e. The molecule has 0 fully saturated rings. The van der Waals surface area contributed by atoms with E-state index in [0.717, 1.165) is 36.6 Å².